The molecule has 3 saturated heterocycles. The van der Waals surface area contributed by atoms with Gasteiger partial charge in [-0.05, 0) is 171 Å². The minimum absolute atomic E-state index is 0.0304. The first kappa shape index (κ1) is 41.1. The van der Waals surface area contributed by atoms with E-state index in [1.807, 2.05) is 0 Å². The smallest absolute Gasteiger partial charge is 0.131 e. The fraction of sp³-hybridized carbons (Fsp3) is 0.783. The summed E-state index contributed by atoms with van der Waals surface area (Å²) in [7, 11) is 0. The molecule has 2 aromatic carbocycles. The molecule has 0 spiro atoms. The fourth-order valence-corrected chi connectivity index (χ4v) is 11.7. The lowest BCUT2D eigenvalue weighted by Crippen LogP contribution is -2.54. The van der Waals surface area contributed by atoms with Crippen LogP contribution in [-0.4, -0.2) is 85.9 Å². The lowest BCUT2D eigenvalue weighted by atomic mass is 9.91. The molecule has 5 rings (SSSR count). The van der Waals surface area contributed by atoms with E-state index in [1.165, 1.54) is 0 Å². The summed E-state index contributed by atoms with van der Waals surface area (Å²) in [6, 6.07) is 11.1. The Morgan fingerprint density at radius 1 is 0.481 bits per heavy atom. The molecule has 3 aliphatic heterocycles. The van der Waals surface area contributed by atoms with Crippen LogP contribution < -0.4 is 14.2 Å². The number of hydrogen-bond donors (Lipinski definition) is 0. The lowest BCUT2D eigenvalue weighted by molar-refractivity contribution is 0.0178. The molecule has 6 heteroatoms. The van der Waals surface area contributed by atoms with Crippen LogP contribution in [0.3, 0.4) is 0 Å². The van der Waals surface area contributed by atoms with E-state index in [1.54, 1.807) is 0 Å². The van der Waals surface area contributed by atoms with Gasteiger partial charge in [0.2, 0.25) is 0 Å². The fourth-order valence-electron chi connectivity index (χ4n) is 11.7. The molecule has 3 aliphatic rings. The average Bonchev–Trinajstić information content (AvgIpc) is 3.20. The van der Waals surface area contributed by atoms with Crippen LogP contribution in [0.1, 0.15) is 162 Å². The molecule has 0 amide bonds. The average molecular weight is 720 g/mol. The molecular weight excluding hydrogens is 643 g/mol. The monoisotopic (exact) mass is 720 g/mol. The third kappa shape index (κ3) is 8.76. The van der Waals surface area contributed by atoms with Crippen molar-refractivity contribution in [3.05, 3.63) is 30.3 Å². The van der Waals surface area contributed by atoms with Gasteiger partial charge in [-0.25, -0.2) is 0 Å². The third-order valence-corrected chi connectivity index (χ3v) is 13.5. The number of likely N-dealkylation sites (tertiary alicyclic amines) is 3. The molecule has 0 bridgehead atoms. The highest BCUT2D eigenvalue weighted by Crippen LogP contribution is 2.43. The third-order valence-electron chi connectivity index (χ3n) is 13.5. The van der Waals surface area contributed by atoms with Crippen LogP contribution in [-0.2, 0) is 0 Å². The van der Waals surface area contributed by atoms with E-state index in [0.29, 0.717) is 0 Å². The highest BCUT2D eigenvalue weighted by Gasteiger charge is 2.44. The standard InChI is InChI=1S/C46H77N3O3/c1-16-47-41(4,5)24-21-35(30-44(47,10)11)50-34-19-20-39-33(27-34)28-38(51-36-22-25-42(6,7)48(17-2)45(12,13)31-36)29-40(39)52-37-23-26-43(8,9)49(18-3)46(14,15)32-37/h19-20,27-29,35-37H,16-18,21-26,30-32H2,1-15H3. The molecule has 52 heavy (non-hydrogen) atoms. The summed E-state index contributed by atoms with van der Waals surface area (Å²) in [6.07, 6.45) is 9.83. The molecule has 0 radical (unpaired) electrons. The molecule has 0 aromatic heterocycles. The van der Waals surface area contributed by atoms with Crippen molar-refractivity contribution >= 4 is 10.8 Å². The number of fused-ring (bicyclic) bond motifs is 1. The van der Waals surface area contributed by atoms with E-state index in [2.05, 4.69) is 149 Å². The minimum atomic E-state index is 0.0304. The molecule has 3 unspecified atom stereocenters. The van der Waals surface area contributed by atoms with Crippen LogP contribution in [0.4, 0.5) is 0 Å². The first-order valence-corrected chi connectivity index (χ1v) is 20.9. The van der Waals surface area contributed by atoms with E-state index in [0.717, 1.165) is 105 Å². The topological polar surface area (TPSA) is 37.4 Å². The highest BCUT2D eigenvalue weighted by atomic mass is 16.5. The Balaban J connectivity index is 1.49. The van der Waals surface area contributed by atoms with Gasteiger partial charge >= 0.3 is 0 Å². The van der Waals surface area contributed by atoms with Crippen molar-refractivity contribution in [3.63, 3.8) is 0 Å². The van der Waals surface area contributed by atoms with Crippen LogP contribution in [0.15, 0.2) is 30.3 Å². The Morgan fingerprint density at radius 2 is 0.846 bits per heavy atom. The van der Waals surface area contributed by atoms with E-state index >= 15 is 0 Å². The minimum Gasteiger partial charge on any atom is -0.490 e. The Labute approximate surface area is 319 Å². The molecule has 0 saturated carbocycles. The molecule has 0 aliphatic carbocycles. The van der Waals surface area contributed by atoms with Gasteiger partial charge in [-0.2, -0.15) is 0 Å². The number of rotatable bonds is 9. The molecule has 2 aromatic rings. The summed E-state index contributed by atoms with van der Waals surface area (Å²) in [5.74, 6) is 2.77. The predicted octanol–water partition coefficient (Wildman–Crippen LogP) is 11.3. The van der Waals surface area contributed by atoms with E-state index in [-0.39, 0.29) is 51.5 Å². The maximum atomic E-state index is 7.15. The van der Waals surface area contributed by atoms with Crippen LogP contribution >= 0.6 is 0 Å². The van der Waals surface area contributed by atoms with Gasteiger partial charge in [0.15, 0.2) is 0 Å². The SMILES string of the molecule is CCN1C(C)(C)CCC(Oc2ccc3c(OC4CCC(C)(C)N(CC)C(C)(C)C4)cc(OC4CCC(C)(C)N(CC)C(C)(C)C4)cc3c2)CC1(C)C. The zero-order valence-electron chi connectivity index (χ0n) is 36.2. The van der Waals surface area contributed by atoms with Crippen molar-refractivity contribution in [3.8, 4) is 17.2 Å². The van der Waals surface area contributed by atoms with Gasteiger partial charge in [0, 0.05) is 63.9 Å². The van der Waals surface area contributed by atoms with Crippen LogP contribution in [0, 0.1) is 0 Å². The van der Waals surface area contributed by atoms with Crippen molar-refractivity contribution in [1.29, 1.82) is 0 Å². The summed E-state index contributed by atoms with van der Waals surface area (Å²) < 4.78 is 21.1. The largest absolute Gasteiger partial charge is 0.490 e. The summed E-state index contributed by atoms with van der Waals surface area (Å²) in [6.45, 7) is 38.7. The predicted molar refractivity (Wildman–Crippen MR) is 220 cm³/mol. The van der Waals surface area contributed by atoms with Crippen molar-refractivity contribution < 1.29 is 14.2 Å². The number of ether oxygens (including phenoxy) is 3. The van der Waals surface area contributed by atoms with Crippen molar-refractivity contribution in [2.45, 2.75) is 213 Å². The lowest BCUT2D eigenvalue weighted by Gasteiger charge is -2.47. The second kappa shape index (κ2) is 14.9. The Kier molecular flexibility index (Phi) is 11.8. The molecular formula is C46H77N3O3. The quantitative estimate of drug-likeness (QED) is 0.257. The summed E-state index contributed by atoms with van der Waals surface area (Å²) in [5, 5.41) is 2.26. The second-order valence-corrected chi connectivity index (χ2v) is 20.4. The first-order valence-electron chi connectivity index (χ1n) is 20.9. The van der Waals surface area contributed by atoms with Gasteiger partial charge in [-0.1, -0.05) is 20.8 Å². The number of benzene rings is 2. The Hall–Kier alpha value is -2.02. The van der Waals surface area contributed by atoms with E-state index in [4.69, 9.17) is 14.2 Å². The molecule has 0 N–H and O–H groups in total. The van der Waals surface area contributed by atoms with E-state index < -0.39 is 0 Å². The van der Waals surface area contributed by atoms with E-state index in [9.17, 15) is 0 Å². The van der Waals surface area contributed by atoms with Gasteiger partial charge in [0.05, 0.1) is 0 Å². The molecule has 3 heterocycles. The molecule has 3 atom stereocenters. The number of hydrogen-bond acceptors (Lipinski definition) is 6. The molecule has 3 fully saturated rings. The first-order chi connectivity index (χ1) is 24.0. The summed E-state index contributed by atoms with van der Waals surface area (Å²) >= 11 is 0. The van der Waals surface area contributed by atoms with Gasteiger partial charge < -0.3 is 14.2 Å². The summed E-state index contributed by atoms with van der Waals surface area (Å²) in [5.41, 5.74) is 0.517. The normalized spacial score (nSPS) is 29.1. The van der Waals surface area contributed by atoms with Crippen LogP contribution in [0.25, 0.3) is 10.8 Å². The van der Waals surface area contributed by atoms with Crippen molar-refractivity contribution in [1.82, 2.24) is 14.7 Å². The second-order valence-electron chi connectivity index (χ2n) is 20.4. The highest BCUT2D eigenvalue weighted by molar-refractivity contribution is 5.91. The molecule has 294 valence electrons. The van der Waals surface area contributed by atoms with Crippen LogP contribution in [0.2, 0.25) is 0 Å². The molecule has 6 nitrogen and oxygen atoms in total. The number of nitrogens with zero attached hydrogens (tertiary/aromatic N) is 3. The van der Waals surface area contributed by atoms with Crippen molar-refractivity contribution in [2.24, 2.45) is 0 Å². The summed E-state index contributed by atoms with van der Waals surface area (Å²) in [4.78, 5) is 8.02. The van der Waals surface area contributed by atoms with Crippen LogP contribution in [0.5, 0.6) is 17.2 Å². The van der Waals surface area contributed by atoms with Gasteiger partial charge in [-0.3, -0.25) is 14.7 Å². The van der Waals surface area contributed by atoms with Crippen molar-refractivity contribution in [2.75, 3.05) is 19.6 Å². The van der Waals surface area contributed by atoms with Gasteiger partial charge in [0.1, 0.15) is 35.6 Å². The Bertz CT molecular complexity index is 1520. The maximum absolute atomic E-state index is 7.15. The van der Waals surface area contributed by atoms with Gasteiger partial charge in [0.25, 0.3) is 0 Å². The van der Waals surface area contributed by atoms with Gasteiger partial charge in [-0.15, -0.1) is 0 Å². The maximum Gasteiger partial charge on any atom is 0.131 e. The zero-order valence-corrected chi connectivity index (χ0v) is 36.2. The Morgan fingerprint density at radius 3 is 1.25 bits per heavy atom. The zero-order chi connectivity index (χ0) is 38.5.